The van der Waals surface area contributed by atoms with E-state index in [9.17, 15) is 14.4 Å². The van der Waals surface area contributed by atoms with Crippen molar-refractivity contribution in [2.45, 2.75) is 37.2 Å². The van der Waals surface area contributed by atoms with Gasteiger partial charge in [0.25, 0.3) is 0 Å². The maximum atomic E-state index is 11.9. The highest BCUT2D eigenvalue weighted by atomic mass is 127. The van der Waals surface area contributed by atoms with Gasteiger partial charge >= 0.3 is 18.0 Å². The van der Waals surface area contributed by atoms with Crippen molar-refractivity contribution in [3.05, 3.63) is 29.8 Å². The van der Waals surface area contributed by atoms with E-state index >= 15 is 0 Å². The Hall–Kier alpha value is -1.68. The molecule has 8 heteroatoms. The Morgan fingerprint density at radius 2 is 1.64 bits per heavy atom. The van der Waals surface area contributed by atoms with E-state index in [1.165, 1.54) is 5.32 Å². The summed E-state index contributed by atoms with van der Waals surface area (Å²) >= 11 is 1.94. The van der Waals surface area contributed by atoms with Crippen molar-refractivity contribution < 1.29 is 33.9 Å². The lowest BCUT2D eigenvalue weighted by Gasteiger charge is -2.16. The standard InChI is InChI=1S/C17H22INO6/c1-11(18)14(20)23-9-10-24-15(21)12-5-7-13(8-6-12)19-16(22)25-17(2,3)4/h5-8,11H,9-10H2,1-4H3,(H,19,22)/p+1. The Labute approximate surface area is 160 Å². The van der Waals surface area contributed by atoms with Gasteiger partial charge in [0.15, 0.2) is 0 Å². The summed E-state index contributed by atoms with van der Waals surface area (Å²) in [5.74, 6) is -0.874. The van der Waals surface area contributed by atoms with Crippen LogP contribution in [-0.2, 0) is 19.0 Å². The molecule has 0 fully saturated rings. The van der Waals surface area contributed by atoms with Crippen LogP contribution in [0, 0.1) is 0 Å². The molecule has 1 atom stereocenters. The molecule has 0 bridgehead atoms. The summed E-state index contributed by atoms with van der Waals surface area (Å²) in [7, 11) is 0. The van der Waals surface area contributed by atoms with Crippen molar-refractivity contribution in [2.75, 3.05) is 13.2 Å². The van der Waals surface area contributed by atoms with Crippen LogP contribution in [0.3, 0.4) is 0 Å². The quantitative estimate of drug-likeness (QED) is 0.174. The number of ether oxygens (including phenoxy) is 3. The van der Waals surface area contributed by atoms with E-state index in [0.29, 0.717) is 11.3 Å². The Morgan fingerprint density at radius 3 is 2.16 bits per heavy atom. The van der Waals surface area contributed by atoms with E-state index in [-0.39, 0.29) is 23.1 Å². The van der Waals surface area contributed by atoms with E-state index in [1.54, 1.807) is 52.0 Å². The zero-order valence-electron chi connectivity index (χ0n) is 14.7. The van der Waals surface area contributed by atoms with Crippen molar-refractivity contribution in [1.82, 2.24) is 0 Å². The molecule has 1 aromatic carbocycles. The Kier molecular flexibility index (Phi) is 8.30. The number of hydrogen-bond donors (Lipinski definition) is 1. The number of hydrogen-bond acceptors (Lipinski definition) is 6. The lowest BCUT2D eigenvalue weighted by atomic mass is 10.2. The molecule has 2 N–H and O–H groups in total. The number of quaternary nitrogens is 1. The van der Waals surface area contributed by atoms with Crippen molar-refractivity contribution >= 4 is 46.3 Å². The summed E-state index contributed by atoms with van der Waals surface area (Å²) in [5.41, 5.74) is 0.404. The molecule has 0 radical (unpaired) electrons. The molecule has 0 aliphatic carbocycles. The first-order chi connectivity index (χ1) is 11.6. The summed E-state index contributed by atoms with van der Waals surface area (Å²) in [6.07, 6.45) is -0.450. The second-order valence-electron chi connectivity index (χ2n) is 6.22. The number of carbonyl (C=O) groups is 3. The van der Waals surface area contributed by atoms with Gasteiger partial charge in [0.05, 0.1) is 5.56 Å². The second kappa shape index (κ2) is 9.71. The lowest BCUT2D eigenvalue weighted by molar-refractivity contribution is -0.486. The third-order valence-corrected chi connectivity index (χ3v) is 3.23. The first-order valence-corrected chi connectivity index (χ1v) is 8.98. The van der Waals surface area contributed by atoms with Gasteiger partial charge in [0, 0.05) is 12.1 Å². The number of esters is 2. The summed E-state index contributed by atoms with van der Waals surface area (Å²) in [6.45, 7) is 7.08. The summed E-state index contributed by atoms with van der Waals surface area (Å²) < 4.78 is 14.9. The molecule has 0 aliphatic heterocycles. The van der Waals surface area contributed by atoms with Crippen LogP contribution in [0.15, 0.2) is 24.3 Å². The molecule has 138 valence electrons. The maximum absolute atomic E-state index is 11.9. The van der Waals surface area contributed by atoms with Crippen LogP contribution in [0.5, 0.6) is 0 Å². The largest absolute Gasteiger partial charge is 0.518 e. The molecule has 0 heterocycles. The summed E-state index contributed by atoms with van der Waals surface area (Å²) in [4.78, 5) is 34.8. The molecule has 1 amide bonds. The fourth-order valence-electron chi connectivity index (χ4n) is 1.66. The Bertz CT molecular complexity index is 607. The van der Waals surface area contributed by atoms with Crippen LogP contribution >= 0.6 is 22.6 Å². The minimum atomic E-state index is -0.560. The third-order valence-electron chi connectivity index (χ3n) is 2.72. The first kappa shape index (κ1) is 21.4. The average molecular weight is 464 g/mol. The van der Waals surface area contributed by atoms with Gasteiger partial charge < -0.3 is 14.2 Å². The van der Waals surface area contributed by atoms with Crippen LogP contribution in [0.2, 0.25) is 0 Å². The van der Waals surface area contributed by atoms with Gasteiger partial charge in [0.1, 0.15) is 28.4 Å². The number of nitrogens with two attached hydrogens (primary N) is 1. The molecule has 0 spiro atoms. The number of alkyl halides is 1. The van der Waals surface area contributed by atoms with E-state index in [2.05, 4.69) is 0 Å². The smallest absolute Gasteiger partial charge is 0.461 e. The van der Waals surface area contributed by atoms with Crippen LogP contribution in [0.4, 0.5) is 10.5 Å². The Balaban J connectivity index is 2.43. The molecular formula is C17H23INO6+. The lowest BCUT2D eigenvalue weighted by Crippen LogP contribution is -2.83. The molecule has 0 aromatic heterocycles. The minimum absolute atomic E-state index is 0.0142. The van der Waals surface area contributed by atoms with Crippen molar-refractivity contribution in [3.63, 3.8) is 0 Å². The summed E-state index contributed by atoms with van der Waals surface area (Å²) in [5, 5.41) is 1.35. The number of amides is 1. The number of rotatable bonds is 6. The van der Waals surface area contributed by atoms with Gasteiger partial charge in [-0.15, -0.1) is 0 Å². The zero-order chi connectivity index (χ0) is 19.0. The normalized spacial score (nSPS) is 12.2. The van der Waals surface area contributed by atoms with E-state index < -0.39 is 17.7 Å². The molecule has 1 aromatic rings. The van der Waals surface area contributed by atoms with E-state index in [4.69, 9.17) is 14.2 Å². The molecular weight excluding hydrogens is 441 g/mol. The van der Waals surface area contributed by atoms with Crippen LogP contribution in [0.1, 0.15) is 38.1 Å². The highest BCUT2D eigenvalue weighted by Crippen LogP contribution is 2.08. The van der Waals surface area contributed by atoms with Gasteiger partial charge in [-0.1, -0.05) is 22.6 Å². The van der Waals surface area contributed by atoms with Crippen molar-refractivity contribution in [1.29, 1.82) is 0 Å². The molecule has 0 saturated heterocycles. The monoisotopic (exact) mass is 464 g/mol. The Morgan fingerprint density at radius 1 is 1.08 bits per heavy atom. The minimum Gasteiger partial charge on any atom is -0.461 e. The number of primary amides is 1. The molecule has 0 aliphatic rings. The van der Waals surface area contributed by atoms with Gasteiger partial charge in [-0.05, 0) is 39.8 Å². The average Bonchev–Trinajstić information content (AvgIpc) is 2.49. The van der Waals surface area contributed by atoms with Gasteiger partial charge in [0.2, 0.25) is 0 Å². The number of halogens is 1. The predicted molar refractivity (Wildman–Crippen MR) is 99.0 cm³/mol. The van der Waals surface area contributed by atoms with Gasteiger partial charge in [-0.25, -0.2) is 10.1 Å². The fourth-order valence-corrected chi connectivity index (χ4v) is 1.84. The number of carbonyl (C=O) groups excluding carboxylic acids is 3. The fraction of sp³-hybridized carbons (Fsp3) is 0.471. The van der Waals surface area contributed by atoms with Crippen molar-refractivity contribution in [3.8, 4) is 0 Å². The zero-order valence-corrected chi connectivity index (χ0v) is 16.9. The van der Waals surface area contributed by atoms with E-state index in [0.717, 1.165) is 0 Å². The third kappa shape index (κ3) is 8.82. The molecule has 7 nitrogen and oxygen atoms in total. The van der Waals surface area contributed by atoms with Crippen LogP contribution < -0.4 is 5.32 Å². The van der Waals surface area contributed by atoms with Crippen LogP contribution in [-0.4, -0.2) is 40.8 Å². The SMILES string of the molecule is CC(I)C(=O)OCCOC(=O)c1ccc([NH2+]C(=O)OC(C)(C)C)cc1. The van der Waals surface area contributed by atoms with Crippen LogP contribution in [0.25, 0.3) is 0 Å². The van der Waals surface area contributed by atoms with E-state index in [1.807, 2.05) is 22.6 Å². The number of benzene rings is 1. The van der Waals surface area contributed by atoms with Crippen molar-refractivity contribution in [2.24, 2.45) is 0 Å². The predicted octanol–water partition coefficient (Wildman–Crippen LogP) is 2.34. The highest BCUT2D eigenvalue weighted by molar-refractivity contribution is 14.1. The van der Waals surface area contributed by atoms with Gasteiger partial charge in [-0.3, -0.25) is 4.79 Å². The second-order valence-corrected chi connectivity index (χ2v) is 8.09. The first-order valence-electron chi connectivity index (χ1n) is 7.74. The maximum Gasteiger partial charge on any atom is 0.518 e. The molecule has 1 unspecified atom stereocenters. The summed E-state index contributed by atoms with van der Waals surface area (Å²) in [6, 6.07) is 6.35. The van der Waals surface area contributed by atoms with Gasteiger partial charge in [-0.2, -0.15) is 4.79 Å². The molecule has 0 saturated carbocycles. The molecule has 25 heavy (non-hydrogen) atoms. The highest BCUT2D eigenvalue weighted by Gasteiger charge is 2.20. The molecule has 1 rings (SSSR count). The topological polar surface area (TPSA) is 95.5 Å².